The Labute approximate surface area is 281 Å². The van der Waals surface area contributed by atoms with Crippen molar-refractivity contribution in [2.45, 2.75) is 131 Å². The number of ether oxygens (including phenoxy) is 1. The third kappa shape index (κ3) is 10.3. The lowest BCUT2D eigenvalue weighted by molar-refractivity contribution is -0.145. The van der Waals surface area contributed by atoms with Gasteiger partial charge in [-0.1, -0.05) is 91.1 Å². The number of amides is 4. The van der Waals surface area contributed by atoms with Crippen molar-refractivity contribution in [2.24, 2.45) is 22.7 Å². The fourth-order valence-corrected chi connectivity index (χ4v) is 6.77. The highest BCUT2D eigenvalue weighted by molar-refractivity contribution is 6.38. The molecule has 0 bridgehead atoms. The molecule has 1 aliphatic carbocycles. The van der Waals surface area contributed by atoms with Crippen molar-refractivity contribution in [2.75, 3.05) is 13.1 Å². The molecular formula is C37H58N4O6. The minimum absolute atomic E-state index is 0.0957. The third-order valence-electron chi connectivity index (χ3n) is 9.49. The van der Waals surface area contributed by atoms with Crippen LogP contribution in [0.1, 0.15) is 106 Å². The number of alkyl carbamates (subject to hydrolysis) is 1. The summed E-state index contributed by atoms with van der Waals surface area (Å²) in [5, 5.41) is 8.33. The molecule has 5 atom stereocenters. The van der Waals surface area contributed by atoms with Crippen LogP contribution >= 0.6 is 0 Å². The van der Waals surface area contributed by atoms with E-state index in [0.29, 0.717) is 25.9 Å². The van der Waals surface area contributed by atoms with Gasteiger partial charge in [0.2, 0.25) is 17.6 Å². The fraction of sp³-hybridized carbons (Fsp3) is 0.703. The quantitative estimate of drug-likeness (QED) is 0.176. The number of fused-ring (bicyclic) bond motifs is 1. The van der Waals surface area contributed by atoms with E-state index in [1.54, 1.807) is 25.7 Å². The molecule has 1 saturated carbocycles. The van der Waals surface area contributed by atoms with Crippen LogP contribution in [0.5, 0.6) is 0 Å². The van der Waals surface area contributed by atoms with Gasteiger partial charge < -0.3 is 25.6 Å². The number of aryl methyl sites for hydroxylation is 1. The molecule has 47 heavy (non-hydrogen) atoms. The first-order valence-electron chi connectivity index (χ1n) is 17.3. The van der Waals surface area contributed by atoms with Crippen molar-refractivity contribution in [3.8, 4) is 0 Å². The maximum absolute atomic E-state index is 14.1. The average molecular weight is 655 g/mol. The summed E-state index contributed by atoms with van der Waals surface area (Å²) in [5.74, 6) is -2.18. The molecule has 0 aromatic heterocycles. The highest BCUT2D eigenvalue weighted by Crippen LogP contribution is 2.65. The van der Waals surface area contributed by atoms with E-state index >= 15 is 0 Å². The van der Waals surface area contributed by atoms with E-state index < -0.39 is 52.8 Å². The molecule has 0 radical (unpaired) electrons. The van der Waals surface area contributed by atoms with Crippen molar-refractivity contribution >= 4 is 29.6 Å². The number of nitrogens with zero attached hydrogens (tertiary/aromatic N) is 1. The van der Waals surface area contributed by atoms with E-state index in [-0.39, 0.29) is 23.2 Å². The largest absolute Gasteiger partial charge is 0.444 e. The first kappa shape index (κ1) is 38.0. The number of likely N-dealkylation sites (tertiary alicyclic amines) is 1. The number of carbonyl (C=O) groups excluding carboxylic acids is 5. The molecular weight excluding hydrogens is 596 g/mol. The summed E-state index contributed by atoms with van der Waals surface area (Å²) in [6, 6.07) is 7.58. The van der Waals surface area contributed by atoms with E-state index in [2.05, 4.69) is 41.9 Å². The zero-order chi connectivity index (χ0) is 35.2. The van der Waals surface area contributed by atoms with Gasteiger partial charge in [0, 0.05) is 13.1 Å². The van der Waals surface area contributed by atoms with Crippen LogP contribution < -0.4 is 16.0 Å². The van der Waals surface area contributed by atoms with Crippen LogP contribution in [0, 0.1) is 22.7 Å². The number of unbranched alkanes of at least 4 members (excludes halogenated alkanes) is 3. The maximum Gasteiger partial charge on any atom is 0.408 e. The zero-order valence-electron chi connectivity index (χ0n) is 30.0. The number of hydrogen-bond donors (Lipinski definition) is 3. The smallest absolute Gasteiger partial charge is 0.408 e. The maximum atomic E-state index is 14.1. The molecule has 10 heteroatoms. The topological polar surface area (TPSA) is 134 Å². The summed E-state index contributed by atoms with van der Waals surface area (Å²) in [5.41, 5.74) is -0.254. The van der Waals surface area contributed by atoms with Crippen molar-refractivity contribution in [3.05, 3.63) is 35.9 Å². The Hall–Kier alpha value is -3.43. The molecule has 262 valence electrons. The van der Waals surface area contributed by atoms with E-state index in [1.165, 1.54) is 5.56 Å². The summed E-state index contributed by atoms with van der Waals surface area (Å²) < 4.78 is 5.44. The number of benzene rings is 1. The molecule has 10 nitrogen and oxygen atoms in total. The summed E-state index contributed by atoms with van der Waals surface area (Å²) in [6.45, 7) is 17.6. The monoisotopic (exact) mass is 654 g/mol. The molecule has 3 rings (SSSR count). The number of ketones is 1. The molecule has 1 aromatic carbocycles. The summed E-state index contributed by atoms with van der Waals surface area (Å²) >= 11 is 0. The van der Waals surface area contributed by atoms with Crippen LogP contribution in [0.4, 0.5) is 4.79 Å². The van der Waals surface area contributed by atoms with Gasteiger partial charge in [0.1, 0.15) is 17.7 Å². The minimum atomic E-state index is -0.991. The molecule has 1 heterocycles. The molecule has 0 spiro atoms. The molecule has 5 unspecified atom stereocenters. The average Bonchev–Trinajstić information content (AvgIpc) is 3.29. The highest BCUT2D eigenvalue weighted by Gasteiger charge is 2.70. The number of rotatable bonds is 15. The molecule has 3 N–H and O–H groups in total. The Morgan fingerprint density at radius 2 is 1.57 bits per heavy atom. The molecule has 1 aliphatic heterocycles. The van der Waals surface area contributed by atoms with E-state index in [0.717, 1.165) is 32.1 Å². The van der Waals surface area contributed by atoms with Gasteiger partial charge in [0.05, 0.1) is 6.04 Å². The Morgan fingerprint density at radius 3 is 2.17 bits per heavy atom. The molecule has 1 saturated heterocycles. The predicted molar refractivity (Wildman–Crippen MR) is 182 cm³/mol. The highest BCUT2D eigenvalue weighted by atomic mass is 16.6. The second kappa shape index (κ2) is 15.6. The minimum Gasteiger partial charge on any atom is -0.444 e. The SMILES string of the molecule is CCCC(NC(=O)C1C2C(CN1C(=O)C(NC(=O)OC(C)(C)C)C(C)(C)C)C2(C)C)C(=O)C(=O)NCCCCCCc1ccccc1. The van der Waals surface area contributed by atoms with Crippen LogP contribution in [-0.2, 0) is 30.3 Å². The van der Waals surface area contributed by atoms with Crippen LogP contribution in [0.25, 0.3) is 0 Å². The van der Waals surface area contributed by atoms with E-state index in [1.807, 2.05) is 45.9 Å². The van der Waals surface area contributed by atoms with Crippen LogP contribution in [0.3, 0.4) is 0 Å². The number of Topliss-reactive ketones (excluding diaryl/α,β-unsaturated/α-hetero) is 1. The number of hydrogen-bond acceptors (Lipinski definition) is 6. The fourth-order valence-electron chi connectivity index (χ4n) is 6.77. The van der Waals surface area contributed by atoms with Gasteiger partial charge in [-0.25, -0.2) is 4.79 Å². The lowest BCUT2D eigenvalue weighted by atomic mass is 9.85. The van der Waals surface area contributed by atoms with Crippen LogP contribution in [-0.4, -0.2) is 71.3 Å². The predicted octanol–water partition coefficient (Wildman–Crippen LogP) is 5.18. The van der Waals surface area contributed by atoms with Gasteiger partial charge >= 0.3 is 6.09 Å². The van der Waals surface area contributed by atoms with Crippen LogP contribution in [0.15, 0.2) is 30.3 Å². The van der Waals surface area contributed by atoms with E-state index in [9.17, 15) is 24.0 Å². The van der Waals surface area contributed by atoms with Gasteiger partial charge in [0.25, 0.3) is 5.91 Å². The number of piperidine rings is 1. The third-order valence-corrected chi connectivity index (χ3v) is 9.49. The van der Waals surface area contributed by atoms with Crippen molar-refractivity contribution < 1.29 is 28.7 Å². The Morgan fingerprint density at radius 1 is 0.936 bits per heavy atom. The molecule has 2 aliphatic rings. The summed E-state index contributed by atoms with van der Waals surface area (Å²) in [7, 11) is 0. The van der Waals surface area contributed by atoms with Crippen molar-refractivity contribution in [3.63, 3.8) is 0 Å². The van der Waals surface area contributed by atoms with Gasteiger partial charge in [-0.3, -0.25) is 19.2 Å². The summed E-state index contributed by atoms with van der Waals surface area (Å²) in [4.78, 5) is 68.4. The lowest BCUT2D eigenvalue weighted by Crippen LogP contribution is -2.60. The molecule has 1 aromatic rings. The Bertz CT molecular complexity index is 1270. The van der Waals surface area contributed by atoms with Crippen LogP contribution in [0.2, 0.25) is 0 Å². The van der Waals surface area contributed by atoms with Gasteiger partial charge in [0.15, 0.2) is 0 Å². The van der Waals surface area contributed by atoms with Gasteiger partial charge in [-0.05, 0) is 74.7 Å². The zero-order valence-corrected chi connectivity index (χ0v) is 30.0. The summed E-state index contributed by atoms with van der Waals surface area (Å²) in [6.07, 6.45) is 5.01. The number of carbonyl (C=O) groups is 5. The van der Waals surface area contributed by atoms with E-state index in [4.69, 9.17) is 4.74 Å². The van der Waals surface area contributed by atoms with Crippen molar-refractivity contribution in [1.29, 1.82) is 0 Å². The second-order valence-electron chi connectivity index (χ2n) is 16.0. The second-order valence-corrected chi connectivity index (χ2v) is 16.0. The lowest BCUT2D eigenvalue weighted by Gasteiger charge is -2.38. The number of nitrogens with one attached hydrogen (secondary N) is 3. The van der Waals surface area contributed by atoms with Crippen molar-refractivity contribution in [1.82, 2.24) is 20.9 Å². The van der Waals surface area contributed by atoms with Gasteiger partial charge in [-0.15, -0.1) is 0 Å². The first-order valence-corrected chi connectivity index (χ1v) is 17.3. The molecule has 4 amide bonds. The van der Waals surface area contributed by atoms with Gasteiger partial charge in [-0.2, -0.15) is 0 Å². The first-order chi connectivity index (χ1) is 21.9. The Kier molecular flexibility index (Phi) is 12.7. The molecule has 2 fully saturated rings. The normalized spacial score (nSPS) is 21.2. The standard InChI is InChI=1S/C37H58N4O6/c1-10-18-26(29(42)32(44)38-22-17-12-11-14-19-24-20-15-13-16-21-24)39-31(43)28-27-25(37(27,8)9)23-41(28)33(45)30(35(2,3)4)40-34(46)47-36(5,6)7/h13,15-16,20-21,25-28,30H,10-12,14,17-19,22-23H2,1-9H3,(H,38,44)(H,39,43)(H,40,46). The Balaban J connectivity index is 1.61.